The van der Waals surface area contributed by atoms with Crippen molar-refractivity contribution in [3.63, 3.8) is 0 Å². The van der Waals surface area contributed by atoms with Gasteiger partial charge in [-0.05, 0) is 12.5 Å². The Balaban J connectivity index is 2.27. The van der Waals surface area contributed by atoms with Gasteiger partial charge in [-0.3, -0.25) is 9.78 Å². The van der Waals surface area contributed by atoms with Crippen molar-refractivity contribution in [2.75, 3.05) is 5.73 Å². The molecule has 0 spiro atoms. The molecule has 2 aromatic rings. The maximum Gasteiger partial charge on any atom is 0.263 e. The number of hydrogen-bond acceptors (Lipinski definition) is 4. The second kappa shape index (κ2) is 5.72. The molecular formula is C14H15N3OS. The minimum atomic E-state index is -0.166. The molecule has 0 aliphatic rings. The van der Waals surface area contributed by atoms with E-state index in [-0.39, 0.29) is 11.9 Å². The second-order valence-corrected chi connectivity index (χ2v) is 5.26. The fourth-order valence-corrected chi connectivity index (χ4v) is 2.82. The summed E-state index contributed by atoms with van der Waals surface area (Å²) in [7, 11) is 0. The van der Waals surface area contributed by atoms with E-state index in [9.17, 15) is 4.79 Å². The van der Waals surface area contributed by atoms with E-state index in [1.54, 1.807) is 12.4 Å². The molecule has 0 aliphatic carbocycles. The van der Waals surface area contributed by atoms with Gasteiger partial charge in [0, 0.05) is 30.2 Å². The molecule has 4 nitrogen and oxygen atoms in total. The molecule has 1 atom stereocenters. The first-order valence-electron chi connectivity index (χ1n) is 6.03. The number of nitrogen functional groups attached to an aromatic ring is 1. The molecule has 0 aromatic carbocycles. The molecule has 98 valence electrons. The Kier molecular flexibility index (Phi) is 4.03. The Morgan fingerprint density at radius 3 is 3.11 bits per heavy atom. The van der Waals surface area contributed by atoms with Crippen LogP contribution >= 0.6 is 11.3 Å². The highest BCUT2D eigenvalue weighted by molar-refractivity contribution is 7.21. The van der Waals surface area contributed by atoms with Gasteiger partial charge in [-0.1, -0.05) is 6.92 Å². The summed E-state index contributed by atoms with van der Waals surface area (Å²) in [4.78, 5) is 16.8. The highest BCUT2D eigenvalue weighted by Crippen LogP contribution is 2.32. The molecule has 3 N–H and O–H groups in total. The molecular weight excluding hydrogens is 258 g/mol. The Morgan fingerprint density at radius 1 is 1.68 bits per heavy atom. The van der Waals surface area contributed by atoms with Gasteiger partial charge in [-0.15, -0.1) is 23.7 Å². The Labute approximate surface area is 116 Å². The minimum Gasteiger partial charge on any atom is -0.397 e. The number of rotatable bonds is 4. The van der Waals surface area contributed by atoms with Crippen molar-refractivity contribution in [3.8, 4) is 12.3 Å². The number of amides is 1. The first-order chi connectivity index (χ1) is 9.17. The largest absolute Gasteiger partial charge is 0.397 e. The van der Waals surface area contributed by atoms with Crippen LogP contribution in [0.15, 0.2) is 18.5 Å². The number of hydrogen-bond donors (Lipinski definition) is 2. The molecule has 0 radical (unpaired) electrons. The average molecular weight is 273 g/mol. The first kappa shape index (κ1) is 13.4. The van der Waals surface area contributed by atoms with Gasteiger partial charge < -0.3 is 11.1 Å². The van der Waals surface area contributed by atoms with E-state index in [0.717, 1.165) is 16.5 Å². The van der Waals surface area contributed by atoms with E-state index in [1.165, 1.54) is 11.3 Å². The molecule has 2 heterocycles. The summed E-state index contributed by atoms with van der Waals surface area (Å²) >= 11 is 1.35. The lowest BCUT2D eigenvalue weighted by Gasteiger charge is -2.13. The molecule has 2 aromatic heterocycles. The number of thiophene rings is 1. The third kappa shape index (κ3) is 2.69. The van der Waals surface area contributed by atoms with Crippen molar-refractivity contribution >= 4 is 33.0 Å². The van der Waals surface area contributed by atoms with Crippen LogP contribution in [0.5, 0.6) is 0 Å². The van der Waals surface area contributed by atoms with Crippen LogP contribution < -0.4 is 11.1 Å². The van der Waals surface area contributed by atoms with Gasteiger partial charge in [-0.25, -0.2) is 0 Å². The lowest BCUT2D eigenvalue weighted by Crippen LogP contribution is -2.33. The monoisotopic (exact) mass is 273 g/mol. The Morgan fingerprint density at radius 2 is 2.47 bits per heavy atom. The van der Waals surface area contributed by atoms with Crippen LogP contribution in [0.1, 0.15) is 29.4 Å². The number of nitrogens with zero attached hydrogens (tertiary/aromatic N) is 1. The minimum absolute atomic E-state index is 0.0137. The molecule has 2 rings (SSSR count). The van der Waals surface area contributed by atoms with Crippen LogP contribution in [0.25, 0.3) is 10.1 Å². The van der Waals surface area contributed by atoms with Crippen molar-refractivity contribution in [2.24, 2.45) is 0 Å². The molecule has 1 unspecified atom stereocenters. The van der Waals surface area contributed by atoms with Gasteiger partial charge >= 0.3 is 0 Å². The number of nitrogens with one attached hydrogen (secondary N) is 1. The number of pyridine rings is 1. The molecule has 0 aliphatic heterocycles. The van der Waals surface area contributed by atoms with Gasteiger partial charge in [0.05, 0.1) is 10.4 Å². The quantitative estimate of drug-likeness (QED) is 0.841. The predicted molar refractivity (Wildman–Crippen MR) is 79.0 cm³/mol. The summed E-state index contributed by atoms with van der Waals surface area (Å²) < 4.78 is 0.912. The number of nitrogens with two attached hydrogens (primary N) is 1. The number of fused-ring (bicyclic) bond motifs is 1. The van der Waals surface area contributed by atoms with Gasteiger partial charge in [-0.2, -0.15) is 0 Å². The second-order valence-electron chi connectivity index (χ2n) is 4.20. The van der Waals surface area contributed by atoms with Crippen LogP contribution in [0.4, 0.5) is 5.69 Å². The van der Waals surface area contributed by atoms with E-state index in [2.05, 4.69) is 16.2 Å². The SMILES string of the molecule is C#CCC(CC)NC(=O)c1sc2cnccc2c1N. The average Bonchev–Trinajstić information content (AvgIpc) is 2.76. The molecule has 0 saturated carbocycles. The van der Waals surface area contributed by atoms with Crippen LogP contribution in [0, 0.1) is 12.3 Å². The maximum absolute atomic E-state index is 12.2. The maximum atomic E-state index is 12.2. The third-order valence-electron chi connectivity index (χ3n) is 2.93. The predicted octanol–water partition coefficient (Wildman–Crippen LogP) is 2.41. The standard InChI is InChI=1S/C14H15N3OS/c1-3-5-9(4-2)17-14(18)13-12(15)10-6-7-16-8-11(10)19-13/h1,6-9H,4-5,15H2,2H3,(H,17,18). The molecule has 19 heavy (non-hydrogen) atoms. The van der Waals surface area contributed by atoms with Gasteiger partial charge in [0.15, 0.2) is 0 Å². The summed E-state index contributed by atoms with van der Waals surface area (Å²) in [6, 6.07) is 1.80. The van der Waals surface area contributed by atoms with Crippen LogP contribution in [-0.4, -0.2) is 16.9 Å². The van der Waals surface area contributed by atoms with Crippen molar-refractivity contribution in [2.45, 2.75) is 25.8 Å². The zero-order valence-electron chi connectivity index (χ0n) is 10.6. The van der Waals surface area contributed by atoms with Gasteiger partial charge in [0.2, 0.25) is 0 Å². The summed E-state index contributed by atoms with van der Waals surface area (Å²) in [6.45, 7) is 1.99. The first-order valence-corrected chi connectivity index (χ1v) is 6.85. The highest BCUT2D eigenvalue weighted by Gasteiger charge is 2.18. The lowest BCUT2D eigenvalue weighted by atomic mass is 10.1. The van der Waals surface area contributed by atoms with E-state index in [0.29, 0.717) is 17.0 Å². The van der Waals surface area contributed by atoms with Crippen molar-refractivity contribution in [3.05, 3.63) is 23.3 Å². The summed E-state index contributed by atoms with van der Waals surface area (Å²) in [5.41, 5.74) is 6.52. The highest BCUT2D eigenvalue weighted by atomic mass is 32.1. The fourth-order valence-electron chi connectivity index (χ4n) is 1.83. The van der Waals surface area contributed by atoms with Crippen LogP contribution in [-0.2, 0) is 0 Å². The third-order valence-corrected chi connectivity index (χ3v) is 4.08. The molecule has 0 fully saturated rings. The smallest absolute Gasteiger partial charge is 0.263 e. The Hall–Kier alpha value is -2.06. The van der Waals surface area contributed by atoms with E-state index < -0.39 is 0 Å². The van der Waals surface area contributed by atoms with Crippen LogP contribution in [0.3, 0.4) is 0 Å². The zero-order chi connectivity index (χ0) is 13.8. The van der Waals surface area contributed by atoms with Crippen molar-refractivity contribution < 1.29 is 4.79 Å². The fraction of sp³-hybridized carbons (Fsp3) is 0.286. The molecule has 5 heteroatoms. The number of terminal acetylenes is 1. The number of anilines is 1. The normalized spacial score (nSPS) is 12.0. The van der Waals surface area contributed by atoms with Gasteiger partial charge in [0.25, 0.3) is 5.91 Å². The zero-order valence-corrected chi connectivity index (χ0v) is 11.5. The lowest BCUT2D eigenvalue weighted by molar-refractivity contribution is 0.0941. The Bertz CT molecular complexity index is 642. The molecule has 0 saturated heterocycles. The summed E-state index contributed by atoms with van der Waals surface area (Å²) in [6.07, 6.45) is 9.98. The number of carbonyl (C=O) groups is 1. The van der Waals surface area contributed by atoms with Gasteiger partial charge in [0.1, 0.15) is 4.88 Å². The molecule has 1 amide bonds. The topological polar surface area (TPSA) is 68.0 Å². The van der Waals surface area contributed by atoms with E-state index in [4.69, 9.17) is 12.2 Å². The van der Waals surface area contributed by atoms with Crippen molar-refractivity contribution in [1.82, 2.24) is 10.3 Å². The number of aromatic nitrogens is 1. The summed E-state index contributed by atoms with van der Waals surface area (Å²) in [5.74, 6) is 2.40. The van der Waals surface area contributed by atoms with E-state index >= 15 is 0 Å². The van der Waals surface area contributed by atoms with Crippen LogP contribution in [0.2, 0.25) is 0 Å². The van der Waals surface area contributed by atoms with E-state index in [1.807, 2.05) is 13.0 Å². The van der Waals surface area contributed by atoms with Crippen molar-refractivity contribution in [1.29, 1.82) is 0 Å². The summed E-state index contributed by atoms with van der Waals surface area (Å²) in [5, 5.41) is 3.78. The molecule has 0 bridgehead atoms. The number of carbonyl (C=O) groups excluding carboxylic acids is 1.